The number of rotatable bonds is 4. The molecule has 0 aliphatic heterocycles. The van der Waals surface area contributed by atoms with Crippen molar-refractivity contribution in [2.75, 3.05) is 14.2 Å². The molecule has 2 rings (SSSR count). The summed E-state index contributed by atoms with van der Waals surface area (Å²) in [5, 5.41) is 5.67. The third kappa shape index (κ3) is 2.42. The summed E-state index contributed by atoms with van der Waals surface area (Å²) in [5.74, 6) is 0. The molecule has 1 N–H and O–H groups in total. The summed E-state index contributed by atoms with van der Waals surface area (Å²) in [6, 6.07) is 2.55. The molecule has 2 nitrogen and oxygen atoms in total. The molecule has 1 aromatic rings. The van der Waals surface area contributed by atoms with Gasteiger partial charge in [0.2, 0.25) is 0 Å². The molecule has 0 saturated heterocycles. The molecule has 0 amide bonds. The molecule has 3 heteroatoms. The fourth-order valence-corrected chi connectivity index (χ4v) is 4.22. The summed E-state index contributed by atoms with van der Waals surface area (Å²) in [5.41, 5.74) is 1.39. The average molecular weight is 253 g/mol. The SMILES string of the molecule is CNC(c1sccc1C)C1(OC)CCCCC1. The monoisotopic (exact) mass is 253 g/mol. The van der Waals surface area contributed by atoms with E-state index in [2.05, 4.69) is 30.7 Å². The van der Waals surface area contributed by atoms with Gasteiger partial charge in [-0.2, -0.15) is 0 Å². The quantitative estimate of drug-likeness (QED) is 0.884. The zero-order chi connectivity index (χ0) is 12.3. The lowest BCUT2D eigenvalue weighted by Gasteiger charge is -2.42. The highest BCUT2D eigenvalue weighted by molar-refractivity contribution is 7.10. The Morgan fingerprint density at radius 2 is 2.06 bits per heavy atom. The van der Waals surface area contributed by atoms with E-state index in [1.807, 2.05) is 18.4 Å². The first kappa shape index (κ1) is 13.1. The number of hydrogen-bond donors (Lipinski definition) is 1. The van der Waals surface area contributed by atoms with Crippen molar-refractivity contribution >= 4 is 11.3 Å². The van der Waals surface area contributed by atoms with E-state index in [0.717, 1.165) is 0 Å². The van der Waals surface area contributed by atoms with Gasteiger partial charge in [-0.1, -0.05) is 19.3 Å². The van der Waals surface area contributed by atoms with E-state index in [1.165, 1.54) is 42.5 Å². The maximum Gasteiger partial charge on any atom is 0.0880 e. The Kier molecular flexibility index (Phi) is 4.23. The largest absolute Gasteiger partial charge is 0.376 e. The van der Waals surface area contributed by atoms with Crippen molar-refractivity contribution in [1.82, 2.24) is 5.32 Å². The molecule has 1 saturated carbocycles. The first-order valence-corrected chi connectivity index (χ1v) is 7.38. The zero-order valence-electron chi connectivity index (χ0n) is 11.1. The first-order chi connectivity index (χ1) is 8.23. The molecule has 1 aromatic heterocycles. The Bertz CT molecular complexity index is 355. The van der Waals surface area contributed by atoms with Gasteiger partial charge in [-0.05, 0) is 43.8 Å². The highest BCUT2D eigenvalue weighted by Gasteiger charge is 2.41. The lowest BCUT2D eigenvalue weighted by atomic mass is 9.78. The average Bonchev–Trinajstić information content (AvgIpc) is 2.78. The number of ether oxygens (including phenoxy) is 1. The molecule has 96 valence electrons. The Morgan fingerprint density at radius 1 is 1.35 bits per heavy atom. The Balaban J connectivity index is 2.29. The van der Waals surface area contributed by atoms with Gasteiger partial charge in [0.25, 0.3) is 0 Å². The molecule has 0 spiro atoms. The Labute approximate surface area is 108 Å². The van der Waals surface area contributed by atoms with Gasteiger partial charge >= 0.3 is 0 Å². The third-order valence-corrected chi connectivity index (χ3v) is 5.17. The topological polar surface area (TPSA) is 21.3 Å². The normalized spacial score (nSPS) is 21.4. The van der Waals surface area contributed by atoms with Gasteiger partial charge in [0.05, 0.1) is 11.6 Å². The van der Waals surface area contributed by atoms with Crippen LogP contribution in [0.25, 0.3) is 0 Å². The van der Waals surface area contributed by atoms with Crippen molar-refractivity contribution < 1.29 is 4.74 Å². The van der Waals surface area contributed by atoms with E-state index in [9.17, 15) is 0 Å². The number of likely N-dealkylation sites (N-methyl/N-ethyl adjacent to an activating group) is 1. The van der Waals surface area contributed by atoms with Gasteiger partial charge in [0.15, 0.2) is 0 Å². The van der Waals surface area contributed by atoms with Crippen LogP contribution < -0.4 is 5.32 Å². The highest BCUT2D eigenvalue weighted by atomic mass is 32.1. The second kappa shape index (κ2) is 5.51. The predicted molar refractivity (Wildman–Crippen MR) is 73.7 cm³/mol. The molecule has 1 aliphatic carbocycles. The lowest BCUT2D eigenvalue weighted by Crippen LogP contribution is -2.45. The van der Waals surface area contributed by atoms with Crippen LogP contribution in [0.3, 0.4) is 0 Å². The van der Waals surface area contributed by atoms with E-state index in [0.29, 0.717) is 6.04 Å². The molecule has 0 radical (unpaired) electrons. The molecule has 1 fully saturated rings. The Hall–Kier alpha value is -0.380. The van der Waals surface area contributed by atoms with Crippen molar-refractivity contribution in [1.29, 1.82) is 0 Å². The number of thiophene rings is 1. The molecular formula is C14H23NOS. The van der Waals surface area contributed by atoms with Crippen LogP contribution in [0.4, 0.5) is 0 Å². The summed E-state index contributed by atoms with van der Waals surface area (Å²) < 4.78 is 5.95. The van der Waals surface area contributed by atoms with Crippen molar-refractivity contribution in [3.63, 3.8) is 0 Å². The van der Waals surface area contributed by atoms with Crippen LogP contribution in [0.2, 0.25) is 0 Å². The second-order valence-electron chi connectivity index (χ2n) is 5.02. The lowest BCUT2D eigenvalue weighted by molar-refractivity contribution is -0.0664. The van der Waals surface area contributed by atoms with E-state index in [1.54, 1.807) is 0 Å². The van der Waals surface area contributed by atoms with Gasteiger partial charge in [-0.3, -0.25) is 0 Å². The van der Waals surface area contributed by atoms with Crippen LogP contribution in [0.15, 0.2) is 11.4 Å². The third-order valence-electron chi connectivity index (χ3n) is 4.09. The van der Waals surface area contributed by atoms with Gasteiger partial charge < -0.3 is 10.1 Å². The second-order valence-corrected chi connectivity index (χ2v) is 5.97. The molecule has 1 unspecified atom stereocenters. The fraction of sp³-hybridized carbons (Fsp3) is 0.714. The van der Waals surface area contributed by atoms with E-state index < -0.39 is 0 Å². The van der Waals surface area contributed by atoms with Gasteiger partial charge in [-0.25, -0.2) is 0 Å². The highest BCUT2D eigenvalue weighted by Crippen LogP contribution is 2.43. The minimum absolute atomic E-state index is 0.00259. The van der Waals surface area contributed by atoms with Crippen LogP contribution in [-0.2, 0) is 4.74 Å². The maximum absolute atomic E-state index is 5.95. The summed E-state index contributed by atoms with van der Waals surface area (Å²) in [4.78, 5) is 1.44. The van der Waals surface area contributed by atoms with Crippen LogP contribution in [0.5, 0.6) is 0 Å². The van der Waals surface area contributed by atoms with Gasteiger partial charge in [0, 0.05) is 12.0 Å². The van der Waals surface area contributed by atoms with Gasteiger partial charge in [-0.15, -0.1) is 11.3 Å². The summed E-state index contributed by atoms with van der Waals surface area (Å²) in [7, 11) is 3.93. The molecule has 1 heterocycles. The minimum Gasteiger partial charge on any atom is -0.376 e. The van der Waals surface area contributed by atoms with Crippen molar-refractivity contribution in [2.45, 2.75) is 50.7 Å². The zero-order valence-corrected chi connectivity index (χ0v) is 11.9. The first-order valence-electron chi connectivity index (χ1n) is 6.50. The molecule has 0 aromatic carbocycles. The van der Waals surface area contributed by atoms with Crippen molar-refractivity contribution in [3.05, 3.63) is 21.9 Å². The van der Waals surface area contributed by atoms with E-state index >= 15 is 0 Å². The number of aryl methyl sites for hydroxylation is 1. The number of nitrogens with one attached hydrogen (secondary N) is 1. The number of hydrogen-bond acceptors (Lipinski definition) is 3. The molecular weight excluding hydrogens is 230 g/mol. The van der Waals surface area contributed by atoms with Gasteiger partial charge in [0.1, 0.15) is 0 Å². The van der Waals surface area contributed by atoms with Crippen molar-refractivity contribution in [2.24, 2.45) is 0 Å². The van der Waals surface area contributed by atoms with E-state index in [-0.39, 0.29) is 5.60 Å². The predicted octanol–water partition coefficient (Wildman–Crippen LogP) is 3.67. The number of methoxy groups -OCH3 is 1. The summed E-state index contributed by atoms with van der Waals surface area (Å²) >= 11 is 1.85. The minimum atomic E-state index is 0.00259. The molecule has 0 bridgehead atoms. The summed E-state index contributed by atoms with van der Waals surface area (Å²) in [6.45, 7) is 2.20. The van der Waals surface area contributed by atoms with E-state index in [4.69, 9.17) is 4.74 Å². The Morgan fingerprint density at radius 3 is 2.53 bits per heavy atom. The van der Waals surface area contributed by atoms with Crippen LogP contribution in [0, 0.1) is 6.92 Å². The fourth-order valence-electron chi connectivity index (χ4n) is 3.07. The summed E-state index contributed by atoms with van der Waals surface area (Å²) in [6.07, 6.45) is 6.27. The maximum atomic E-state index is 5.95. The smallest absolute Gasteiger partial charge is 0.0880 e. The molecule has 17 heavy (non-hydrogen) atoms. The molecule has 1 aliphatic rings. The van der Waals surface area contributed by atoms with Crippen LogP contribution in [-0.4, -0.2) is 19.8 Å². The molecule has 1 atom stereocenters. The van der Waals surface area contributed by atoms with Crippen molar-refractivity contribution in [3.8, 4) is 0 Å². The standard InChI is InChI=1S/C14H23NOS/c1-11-7-10-17-12(11)13(15-2)14(16-3)8-5-4-6-9-14/h7,10,13,15H,4-6,8-9H2,1-3H3. The van der Waals surface area contributed by atoms with Crippen LogP contribution >= 0.6 is 11.3 Å². The van der Waals surface area contributed by atoms with Crippen LogP contribution in [0.1, 0.15) is 48.6 Å².